The number of carbonyl (C=O) groups excluding carboxylic acids is 1. The van der Waals surface area contributed by atoms with Crippen LogP contribution in [-0.4, -0.2) is 29.9 Å². The lowest BCUT2D eigenvalue weighted by atomic mass is 9.79. The van der Waals surface area contributed by atoms with Crippen molar-refractivity contribution in [3.8, 4) is 0 Å². The molecule has 0 saturated carbocycles. The first kappa shape index (κ1) is 25.1. The number of nitrogens with one attached hydrogen (secondary N) is 1. The number of halogens is 7. The van der Waals surface area contributed by atoms with Gasteiger partial charge in [-0.2, -0.15) is 13.2 Å². The average molecular weight is 512 g/mol. The summed E-state index contributed by atoms with van der Waals surface area (Å²) in [5, 5.41) is 1.94. The molecule has 5 rings (SSSR count). The van der Waals surface area contributed by atoms with Crippen LogP contribution in [-0.2, 0) is 6.18 Å². The Labute approximate surface area is 199 Å². The molecule has 3 heterocycles. The van der Waals surface area contributed by atoms with Crippen LogP contribution in [0.25, 0.3) is 0 Å². The number of rotatable bonds is 4. The number of carbonyl (C=O) groups is 1. The maximum Gasteiger partial charge on any atom is 0.417 e. The molecule has 3 aliphatic heterocycles. The van der Waals surface area contributed by atoms with Gasteiger partial charge in [-0.05, 0) is 68.1 Å². The van der Waals surface area contributed by atoms with Crippen LogP contribution >= 0.6 is 35.6 Å². The van der Waals surface area contributed by atoms with E-state index in [1.54, 1.807) is 12.1 Å². The molecule has 2 unspecified atom stereocenters. The molecule has 3 nitrogen and oxygen atoms in total. The molecule has 1 N–H and O–H groups in total. The van der Waals surface area contributed by atoms with Crippen LogP contribution in [0.4, 0.5) is 17.6 Å². The Hall–Kier alpha value is -1.54. The minimum atomic E-state index is -4.72. The lowest BCUT2D eigenvalue weighted by Gasteiger charge is -2.48. The van der Waals surface area contributed by atoms with Gasteiger partial charge in [0.05, 0.1) is 27.2 Å². The standard InChI is InChI=1S/C22H20Cl2F4N2O.ClH/c23-16-6-5-15(22(26,27)28)19(24)18(16)21(31)29-20(13-1-3-14(25)4-2-13)17-11-12-7-9-30(17)10-8-12;/h1-6,12,17,20H,7-11H2,(H,29,31);1H. The van der Waals surface area contributed by atoms with Crippen molar-refractivity contribution in [1.82, 2.24) is 10.2 Å². The lowest BCUT2D eigenvalue weighted by molar-refractivity contribution is -0.137. The van der Waals surface area contributed by atoms with Gasteiger partial charge in [0.25, 0.3) is 5.91 Å². The molecule has 0 spiro atoms. The van der Waals surface area contributed by atoms with E-state index in [-0.39, 0.29) is 23.5 Å². The summed E-state index contributed by atoms with van der Waals surface area (Å²) < 4.78 is 53.3. The zero-order valence-electron chi connectivity index (χ0n) is 16.8. The van der Waals surface area contributed by atoms with Gasteiger partial charge in [-0.15, -0.1) is 12.4 Å². The van der Waals surface area contributed by atoms with Crippen molar-refractivity contribution < 1.29 is 22.4 Å². The Morgan fingerprint density at radius 3 is 2.22 bits per heavy atom. The van der Waals surface area contributed by atoms with Crippen molar-refractivity contribution in [3.05, 3.63) is 69.0 Å². The van der Waals surface area contributed by atoms with Gasteiger partial charge in [0.2, 0.25) is 0 Å². The fourth-order valence-corrected chi connectivity index (χ4v) is 5.27. The van der Waals surface area contributed by atoms with Gasteiger partial charge in [0.1, 0.15) is 5.82 Å². The average Bonchev–Trinajstić information content (AvgIpc) is 2.72. The molecule has 3 saturated heterocycles. The minimum absolute atomic E-state index is 0. The molecule has 32 heavy (non-hydrogen) atoms. The van der Waals surface area contributed by atoms with E-state index in [4.69, 9.17) is 23.2 Å². The minimum Gasteiger partial charge on any atom is -0.344 e. The van der Waals surface area contributed by atoms with E-state index in [0.717, 1.165) is 44.5 Å². The van der Waals surface area contributed by atoms with Crippen molar-refractivity contribution in [3.63, 3.8) is 0 Å². The van der Waals surface area contributed by atoms with Crippen LogP contribution in [0.2, 0.25) is 10.0 Å². The fourth-order valence-electron chi connectivity index (χ4n) is 4.62. The number of amides is 1. The molecule has 10 heteroatoms. The maximum absolute atomic E-state index is 13.5. The van der Waals surface area contributed by atoms with Gasteiger partial charge in [-0.3, -0.25) is 9.69 Å². The third kappa shape index (κ3) is 5.01. The van der Waals surface area contributed by atoms with Crippen molar-refractivity contribution in [2.45, 2.75) is 37.5 Å². The third-order valence-corrected chi connectivity index (χ3v) is 6.92. The first-order valence-corrected chi connectivity index (χ1v) is 10.8. The van der Waals surface area contributed by atoms with Gasteiger partial charge in [0.15, 0.2) is 0 Å². The van der Waals surface area contributed by atoms with Gasteiger partial charge in [0, 0.05) is 6.04 Å². The smallest absolute Gasteiger partial charge is 0.344 e. The highest BCUT2D eigenvalue weighted by atomic mass is 35.5. The first-order valence-electron chi connectivity index (χ1n) is 10.0. The van der Waals surface area contributed by atoms with Gasteiger partial charge in [-0.25, -0.2) is 4.39 Å². The van der Waals surface area contributed by atoms with Crippen LogP contribution in [0.15, 0.2) is 36.4 Å². The van der Waals surface area contributed by atoms with Crippen molar-refractivity contribution in [2.75, 3.05) is 13.1 Å². The quantitative estimate of drug-likeness (QED) is 0.474. The van der Waals surface area contributed by atoms with E-state index in [1.165, 1.54) is 12.1 Å². The highest BCUT2D eigenvalue weighted by Crippen LogP contribution is 2.40. The van der Waals surface area contributed by atoms with Crippen molar-refractivity contribution >= 4 is 41.5 Å². The Morgan fingerprint density at radius 1 is 1.06 bits per heavy atom. The van der Waals surface area contributed by atoms with E-state index in [0.29, 0.717) is 11.5 Å². The molecular weight excluding hydrogens is 491 g/mol. The summed E-state index contributed by atoms with van der Waals surface area (Å²) in [5.74, 6) is -0.683. The summed E-state index contributed by atoms with van der Waals surface area (Å²) >= 11 is 12.0. The van der Waals surface area contributed by atoms with Crippen LogP contribution < -0.4 is 5.32 Å². The molecule has 2 bridgehead atoms. The molecule has 0 radical (unpaired) electrons. The monoisotopic (exact) mass is 510 g/mol. The van der Waals surface area contributed by atoms with E-state index in [2.05, 4.69) is 10.2 Å². The summed E-state index contributed by atoms with van der Waals surface area (Å²) in [5.41, 5.74) is -0.865. The van der Waals surface area contributed by atoms with E-state index in [9.17, 15) is 22.4 Å². The number of benzene rings is 2. The summed E-state index contributed by atoms with van der Waals surface area (Å²) in [6.07, 6.45) is -1.73. The second-order valence-corrected chi connectivity index (χ2v) is 8.85. The number of nitrogens with zero attached hydrogens (tertiary/aromatic N) is 1. The highest BCUT2D eigenvalue weighted by molar-refractivity contribution is 6.40. The van der Waals surface area contributed by atoms with Crippen LogP contribution in [0.3, 0.4) is 0 Å². The number of fused-ring (bicyclic) bond motifs is 3. The summed E-state index contributed by atoms with van der Waals surface area (Å²) in [7, 11) is 0. The Bertz CT molecular complexity index is 976. The molecule has 2 atom stereocenters. The van der Waals surface area contributed by atoms with Gasteiger partial charge >= 0.3 is 6.18 Å². The Balaban J connectivity index is 0.00000289. The van der Waals surface area contributed by atoms with Crippen molar-refractivity contribution in [2.24, 2.45) is 5.92 Å². The SMILES string of the molecule is Cl.O=C(NC(c1ccc(F)cc1)C1CC2CCN1CC2)c1c(Cl)ccc(C(F)(F)F)c1Cl. The maximum atomic E-state index is 13.5. The molecule has 3 aliphatic rings. The molecule has 1 amide bonds. The predicted octanol–water partition coefficient (Wildman–Crippen LogP) is 6.53. The second kappa shape index (κ2) is 9.75. The number of piperidine rings is 3. The fraction of sp³-hybridized carbons (Fsp3) is 0.409. The number of hydrogen-bond donors (Lipinski definition) is 1. The summed E-state index contributed by atoms with van der Waals surface area (Å²) in [4.78, 5) is 15.4. The number of alkyl halides is 3. The van der Waals surface area contributed by atoms with Crippen LogP contribution in [0.5, 0.6) is 0 Å². The Morgan fingerprint density at radius 2 is 1.69 bits per heavy atom. The zero-order chi connectivity index (χ0) is 22.3. The summed E-state index contributed by atoms with van der Waals surface area (Å²) in [6, 6.07) is 6.94. The number of hydrogen-bond acceptors (Lipinski definition) is 2. The first-order chi connectivity index (χ1) is 14.6. The van der Waals surface area contributed by atoms with Crippen LogP contribution in [0.1, 0.15) is 46.8 Å². The molecule has 3 fully saturated rings. The molecule has 2 aromatic carbocycles. The van der Waals surface area contributed by atoms with E-state index < -0.39 is 40.1 Å². The van der Waals surface area contributed by atoms with E-state index in [1.807, 2.05) is 0 Å². The van der Waals surface area contributed by atoms with Crippen molar-refractivity contribution in [1.29, 1.82) is 0 Å². The highest BCUT2D eigenvalue weighted by Gasteiger charge is 2.40. The molecular formula is C22H21Cl3F4N2O. The van der Waals surface area contributed by atoms with E-state index >= 15 is 0 Å². The summed E-state index contributed by atoms with van der Waals surface area (Å²) in [6.45, 7) is 1.77. The lowest BCUT2D eigenvalue weighted by Crippen LogP contribution is -2.54. The molecule has 0 aromatic heterocycles. The predicted molar refractivity (Wildman–Crippen MR) is 118 cm³/mol. The van der Waals surface area contributed by atoms with Gasteiger partial charge in [-0.1, -0.05) is 35.3 Å². The zero-order valence-corrected chi connectivity index (χ0v) is 19.1. The largest absolute Gasteiger partial charge is 0.417 e. The molecule has 2 aromatic rings. The second-order valence-electron chi connectivity index (χ2n) is 8.07. The van der Waals surface area contributed by atoms with Crippen LogP contribution in [0, 0.1) is 11.7 Å². The topological polar surface area (TPSA) is 32.3 Å². The Kier molecular flexibility index (Phi) is 7.65. The molecule has 174 valence electrons. The third-order valence-electron chi connectivity index (χ3n) is 6.22. The normalized spacial score (nSPS) is 23.4. The molecule has 0 aliphatic carbocycles. The van der Waals surface area contributed by atoms with Gasteiger partial charge < -0.3 is 5.32 Å².